The number of nitrogens with zero attached hydrogens (tertiary/aromatic N) is 2. The molecule has 0 aliphatic heterocycles. The van der Waals surface area contributed by atoms with E-state index in [1.807, 2.05) is 60.0 Å². The molecule has 0 N–H and O–H groups in total. The van der Waals surface area contributed by atoms with Gasteiger partial charge in [0.2, 0.25) is 0 Å². The van der Waals surface area contributed by atoms with Crippen molar-refractivity contribution in [3.8, 4) is 22.9 Å². The number of para-hydroxylation sites is 1. The molecule has 0 spiro atoms. The first-order chi connectivity index (χ1) is 13.6. The smallest absolute Gasteiger partial charge is 0.331 e. The minimum Gasteiger partial charge on any atom is -0.425 e. The monoisotopic (exact) mass is 366 g/mol. The van der Waals surface area contributed by atoms with Gasteiger partial charge in [-0.3, -0.25) is 0 Å². The number of esters is 1. The number of carbonyl (C=O) groups excluding carboxylic acids is 1. The van der Waals surface area contributed by atoms with Crippen LogP contribution in [0.2, 0.25) is 0 Å². The summed E-state index contributed by atoms with van der Waals surface area (Å²) in [5.74, 6) is 0.201. The van der Waals surface area contributed by atoms with Gasteiger partial charge in [-0.25, -0.2) is 4.79 Å². The van der Waals surface area contributed by atoms with E-state index in [1.165, 1.54) is 0 Å². The first kappa shape index (κ1) is 17.6. The second kappa shape index (κ2) is 7.42. The van der Waals surface area contributed by atoms with Crippen LogP contribution in [0.4, 0.5) is 0 Å². The summed E-state index contributed by atoms with van der Waals surface area (Å²) in [6.07, 6.45) is 0. The molecule has 0 saturated carbocycles. The van der Waals surface area contributed by atoms with Gasteiger partial charge in [-0.05, 0) is 59.8 Å². The molecular formula is C24H18N2O2. The maximum Gasteiger partial charge on any atom is 0.331 e. The summed E-state index contributed by atoms with van der Waals surface area (Å²) in [6, 6.07) is 26.9. The molecular weight excluding hydrogens is 348 g/mol. The van der Waals surface area contributed by atoms with Crippen molar-refractivity contribution >= 4 is 16.9 Å². The first-order valence-corrected chi connectivity index (χ1v) is 9.00. The fourth-order valence-electron chi connectivity index (χ4n) is 3.30. The van der Waals surface area contributed by atoms with Gasteiger partial charge < -0.3 is 9.30 Å². The summed E-state index contributed by atoms with van der Waals surface area (Å²) >= 11 is 0. The van der Waals surface area contributed by atoms with Crippen LogP contribution in [0.1, 0.15) is 11.3 Å². The average Bonchev–Trinajstić information content (AvgIpc) is 3.04. The summed E-state index contributed by atoms with van der Waals surface area (Å²) in [5.41, 5.74) is 4.67. The lowest BCUT2D eigenvalue weighted by Gasteiger charge is -2.09. The number of hydrogen-bond acceptors (Lipinski definition) is 3. The molecule has 136 valence electrons. The molecule has 0 radical (unpaired) electrons. The van der Waals surface area contributed by atoms with Crippen LogP contribution >= 0.6 is 0 Å². The topological polar surface area (TPSA) is 55.0 Å². The normalized spacial score (nSPS) is 10.6. The second-order valence-electron chi connectivity index (χ2n) is 6.62. The number of carbonyl (C=O) groups is 1. The second-order valence-corrected chi connectivity index (χ2v) is 6.62. The maximum absolute atomic E-state index is 12.4. The molecule has 0 amide bonds. The van der Waals surface area contributed by atoms with Crippen molar-refractivity contribution in [2.45, 2.75) is 13.5 Å². The van der Waals surface area contributed by atoms with E-state index < -0.39 is 0 Å². The summed E-state index contributed by atoms with van der Waals surface area (Å²) in [4.78, 5) is 12.4. The van der Waals surface area contributed by atoms with Crippen LogP contribution in [0.15, 0.2) is 78.9 Å². The van der Waals surface area contributed by atoms with Gasteiger partial charge in [0.05, 0.1) is 11.6 Å². The summed E-state index contributed by atoms with van der Waals surface area (Å²) < 4.78 is 7.48. The van der Waals surface area contributed by atoms with Gasteiger partial charge in [-0.1, -0.05) is 42.5 Å². The van der Waals surface area contributed by atoms with E-state index in [-0.39, 0.29) is 12.5 Å². The van der Waals surface area contributed by atoms with Crippen LogP contribution in [0.5, 0.6) is 5.75 Å². The zero-order valence-corrected chi connectivity index (χ0v) is 15.4. The molecule has 0 aliphatic rings. The summed E-state index contributed by atoms with van der Waals surface area (Å²) in [6.45, 7) is 2.15. The van der Waals surface area contributed by atoms with E-state index in [9.17, 15) is 4.79 Å². The Balaban J connectivity index is 1.47. The van der Waals surface area contributed by atoms with Crippen molar-refractivity contribution in [1.82, 2.24) is 4.57 Å². The number of hydrogen-bond donors (Lipinski definition) is 0. The average molecular weight is 366 g/mol. The predicted molar refractivity (Wildman–Crippen MR) is 109 cm³/mol. The fraction of sp³-hybridized carbons (Fsp3) is 0.0833. The van der Waals surface area contributed by atoms with Gasteiger partial charge >= 0.3 is 5.97 Å². The van der Waals surface area contributed by atoms with Crippen molar-refractivity contribution in [1.29, 1.82) is 5.26 Å². The lowest BCUT2D eigenvalue weighted by atomic mass is 10.0. The molecule has 0 atom stereocenters. The van der Waals surface area contributed by atoms with Gasteiger partial charge in [0.15, 0.2) is 0 Å². The van der Waals surface area contributed by atoms with Crippen molar-refractivity contribution in [3.63, 3.8) is 0 Å². The van der Waals surface area contributed by atoms with E-state index >= 15 is 0 Å². The number of benzene rings is 3. The van der Waals surface area contributed by atoms with Gasteiger partial charge in [0, 0.05) is 11.2 Å². The largest absolute Gasteiger partial charge is 0.425 e. The van der Waals surface area contributed by atoms with E-state index in [0.717, 1.165) is 27.7 Å². The minimum atomic E-state index is -0.310. The Hall–Kier alpha value is -3.84. The Morgan fingerprint density at radius 2 is 1.61 bits per heavy atom. The molecule has 0 fully saturated rings. The summed E-state index contributed by atoms with van der Waals surface area (Å²) in [5, 5.41) is 10.00. The molecule has 4 heteroatoms. The zero-order chi connectivity index (χ0) is 19.5. The van der Waals surface area contributed by atoms with E-state index in [2.05, 4.69) is 12.1 Å². The van der Waals surface area contributed by atoms with Crippen molar-refractivity contribution in [2.24, 2.45) is 0 Å². The summed E-state index contributed by atoms with van der Waals surface area (Å²) in [7, 11) is 0. The molecule has 4 rings (SSSR count). The molecule has 28 heavy (non-hydrogen) atoms. The predicted octanol–water partition coefficient (Wildman–Crippen LogP) is 5.09. The number of aryl methyl sites for hydroxylation is 1. The van der Waals surface area contributed by atoms with Gasteiger partial charge in [-0.2, -0.15) is 5.26 Å². The van der Waals surface area contributed by atoms with Crippen LogP contribution in [-0.4, -0.2) is 10.5 Å². The van der Waals surface area contributed by atoms with Crippen LogP contribution in [-0.2, 0) is 11.3 Å². The SMILES string of the molecule is Cc1cc2ccccc2n1CC(=O)Oc1ccc(-c2ccc(C#N)cc2)cc1. The zero-order valence-electron chi connectivity index (χ0n) is 15.4. The molecule has 1 aromatic heterocycles. The Morgan fingerprint density at radius 1 is 0.964 bits per heavy atom. The van der Waals surface area contributed by atoms with Gasteiger partial charge in [0.1, 0.15) is 12.3 Å². The number of ether oxygens (including phenoxy) is 1. The third kappa shape index (κ3) is 3.51. The van der Waals surface area contributed by atoms with Crippen LogP contribution in [0.3, 0.4) is 0 Å². The van der Waals surface area contributed by atoms with Crippen molar-refractivity contribution in [2.75, 3.05) is 0 Å². The Kier molecular flexibility index (Phi) is 4.65. The van der Waals surface area contributed by atoms with E-state index in [1.54, 1.807) is 24.3 Å². The molecule has 4 aromatic rings. The molecule has 0 aliphatic carbocycles. The van der Waals surface area contributed by atoms with E-state index in [4.69, 9.17) is 10.00 Å². The molecule has 1 heterocycles. The highest BCUT2D eigenvalue weighted by Gasteiger charge is 2.11. The Bertz CT molecular complexity index is 1180. The van der Waals surface area contributed by atoms with E-state index in [0.29, 0.717) is 11.3 Å². The van der Waals surface area contributed by atoms with Gasteiger partial charge in [0.25, 0.3) is 0 Å². The molecule has 0 unspecified atom stereocenters. The lowest BCUT2D eigenvalue weighted by molar-refractivity contribution is -0.135. The molecule has 4 nitrogen and oxygen atoms in total. The highest BCUT2D eigenvalue weighted by Crippen LogP contribution is 2.23. The number of aromatic nitrogens is 1. The number of rotatable bonds is 4. The van der Waals surface area contributed by atoms with Crippen molar-refractivity contribution < 1.29 is 9.53 Å². The quantitative estimate of drug-likeness (QED) is 0.373. The third-order valence-corrected chi connectivity index (χ3v) is 4.74. The minimum absolute atomic E-state index is 0.163. The number of fused-ring (bicyclic) bond motifs is 1. The highest BCUT2D eigenvalue weighted by atomic mass is 16.5. The lowest BCUT2D eigenvalue weighted by Crippen LogP contribution is -2.16. The number of nitriles is 1. The van der Waals surface area contributed by atoms with Crippen LogP contribution in [0.25, 0.3) is 22.0 Å². The van der Waals surface area contributed by atoms with Gasteiger partial charge in [-0.15, -0.1) is 0 Å². The molecule has 0 bridgehead atoms. The Labute approximate surface area is 163 Å². The standard InChI is InChI=1S/C24H18N2O2/c1-17-14-21-4-2-3-5-23(21)26(17)16-24(27)28-22-12-10-20(11-13-22)19-8-6-18(15-25)7-9-19/h2-14H,16H2,1H3. The van der Waals surface area contributed by atoms with Crippen LogP contribution < -0.4 is 4.74 Å². The molecule has 3 aromatic carbocycles. The maximum atomic E-state index is 12.4. The Morgan fingerprint density at radius 3 is 2.29 bits per heavy atom. The van der Waals surface area contributed by atoms with Crippen molar-refractivity contribution in [3.05, 3.63) is 90.1 Å². The fourth-order valence-corrected chi connectivity index (χ4v) is 3.30. The highest BCUT2D eigenvalue weighted by molar-refractivity contribution is 5.83. The third-order valence-electron chi connectivity index (χ3n) is 4.74. The van der Waals surface area contributed by atoms with Crippen LogP contribution in [0, 0.1) is 18.3 Å². The molecule has 0 saturated heterocycles. The first-order valence-electron chi connectivity index (χ1n) is 9.00.